The number of nitrogens with one attached hydrogen (secondary N) is 3. The van der Waals surface area contributed by atoms with Crippen LogP contribution in [0.2, 0.25) is 0 Å². The molecule has 0 aliphatic carbocycles. The lowest BCUT2D eigenvalue weighted by Crippen LogP contribution is -2.57. The Bertz CT molecular complexity index is 722. The number of carbonyl (C=O) groups is 6. The summed E-state index contributed by atoms with van der Waals surface area (Å²) in [5.41, 5.74) is 21.0. The number of unbranched alkanes of at least 4 members (excludes halogenated alkanes) is 1. The van der Waals surface area contributed by atoms with Gasteiger partial charge in [0.1, 0.15) is 18.1 Å². The van der Waals surface area contributed by atoms with Crippen LogP contribution < -0.4 is 38.9 Å². The number of hydrogen-bond donors (Lipinski definition) is 9. The van der Waals surface area contributed by atoms with E-state index in [0.29, 0.717) is 19.4 Å². The van der Waals surface area contributed by atoms with E-state index in [2.05, 4.69) is 28.6 Å². The minimum Gasteiger partial charge on any atom is -0.480 e. The van der Waals surface area contributed by atoms with Crippen molar-refractivity contribution in [2.45, 2.75) is 62.7 Å². The number of nitrogens with two attached hydrogens (primary N) is 4. The second kappa shape index (κ2) is 15.8. The van der Waals surface area contributed by atoms with Crippen LogP contribution in [0.15, 0.2) is 0 Å². The second-order valence-electron chi connectivity index (χ2n) is 7.27. The minimum atomic E-state index is -1.40. The molecule has 15 heteroatoms. The third-order valence-corrected chi connectivity index (χ3v) is 4.81. The van der Waals surface area contributed by atoms with Crippen LogP contribution in [0.3, 0.4) is 0 Å². The van der Waals surface area contributed by atoms with Crippen LogP contribution in [0.25, 0.3) is 0 Å². The summed E-state index contributed by atoms with van der Waals surface area (Å²) < 4.78 is 0. The summed E-state index contributed by atoms with van der Waals surface area (Å²) in [6.45, 7) is 0.339. The van der Waals surface area contributed by atoms with Crippen molar-refractivity contribution >= 4 is 48.1 Å². The SMILES string of the molecule is NCCCCC(NC(=O)C(CS)NC(=O)C(N)CC(N)=O)C(=O)NC(CCC(N)=O)C(=O)O. The lowest BCUT2D eigenvalue weighted by atomic mass is 10.1. The van der Waals surface area contributed by atoms with E-state index in [1.54, 1.807) is 0 Å². The van der Waals surface area contributed by atoms with Crippen LogP contribution in [-0.4, -0.2) is 77.1 Å². The minimum absolute atomic E-state index is 0.130. The summed E-state index contributed by atoms with van der Waals surface area (Å²) in [5.74, 6) is -5.46. The van der Waals surface area contributed by atoms with Gasteiger partial charge in [-0.2, -0.15) is 12.6 Å². The Hall–Kier alpha value is -2.91. The largest absolute Gasteiger partial charge is 0.480 e. The van der Waals surface area contributed by atoms with E-state index in [1.807, 2.05) is 0 Å². The van der Waals surface area contributed by atoms with Gasteiger partial charge in [-0.15, -0.1) is 0 Å². The highest BCUT2D eigenvalue weighted by Gasteiger charge is 2.30. The van der Waals surface area contributed by atoms with E-state index in [-0.39, 0.29) is 25.0 Å². The first kappa shape index (κ1) is 30.1. The first-order valence-corrected chi connectivity index (χ1v) is 10.8. The topological polar surface area (TPSA) is 263 Å². The van der Waals surface area contributed by atoms with Crippen LogP contribution >= 0.6 is 12.6 Å². The van der Waals surface area contributed by atoms with Gasteiger partial charge in [-0.3, -0.25) is 24.0 Å². The highest BCUT2D eigenvalue weighted by Crippen LogP contribution is 2.05. The van der Waals surface area contributed by atoms with Gasteiger partial charge in [-0.1, -0.05) is 0 Å². The molecule has 0 aliphatic rings. The van der Waals surface area contributed by atoms with E-state index < -0.39 is 66.1 Å². The predicted octanol–water partition coefficient (Wildman–Crippen LogP) is -3.95. The molecule has 188 valence electrons. The molecule has 14 nitrogen and oxygen atoms in total. The molecule has 0 fully saturated rings. The zero-order chi connectivity index (χ0) is 25.6. The summed E-state index contributed by atoms with van der Waals surface area (Å²) in [7, 11) is 0. The number of primary amides is 2. The van der Waals surface area contributed by atoms with Crippen molar-refractivity contribution in [3.8, 4) is 0 Å². The number of carboxylic acid groups (broad SMARTS) is 1. The van der Waals surface area contributed by atoms with Gasteiger partial charge < -0.3 is 44.0 Å². The van der Waals surface area contributed by atoms with Crippen LogP contribution in [0.4, 0.5) is 0 Å². The molecule has 0 bridgehead atoms. The molecular formula is C18H33N7O7S. The van der Waals surface area contributed by atoms with Gasteiger partial charge in [0.05, 0.1) is 12.5 Å². The van der Waals surface area contributed by atoms with Crippen molar-refractivity contribution in [3.05, 3.63) is 0 Å². The Morgan fingerprint density at radius 2 is 1.33 bits per heavy atom. The van der Waals surface area contributed by atoms with Gasteiger partial charge in [0.2, 0.25) is 29.5 Å². The highest BCUT2D eigenvalue weighted by atomic mass is 32.1. The molecule has 0 heterocycles. The average Bonchev–Trinajstić information content (AvgIpc) is 2.72. The smallest absolute Gasteiger partial charge is 0.326 e. The molecule has 5 amide bonds. The van der Waals surface area contributed by atoms with Gasteiger partial charge >= 0.3 is 5.97 Å². The van der Waals surface area contributed by atoms with Crippen molar-refractivity contribution in [2.24, 2.45) is 22.9 Å². The average molecular weight is 492 g/mol. The molecule has 0 rings (SSSR count). The zero-order valence-electron chi connectivity index (χ0n) is 18.1. The number of carboxylic acids is 1. The zero-order valence-corrected chi connectivity index (χ0v) is 19.0. The first-order chi connectivity index (χ1) is 15.4. The van der Waals surface area contributed by atoms with E-state index in [4.69, 9.17) is 22.9 Å². The van der Waals surface area contributed by atoms with Crippen LogP contribution in [-0.2, 0) is 28.8 Å². The van der Waals surface area contributed by atoms with Crippen molar-refractivity contribution in [2.75, 3.05) is 12.3 Å². The number of carbonyl (C=O) groups excluding carboxylic acids is 5. The summed E-state index contributed by atoms with van der Waals surface area (Å²) in [5, 5.41) is 16.3. The van der Waals surface area contributed by atoms with Gasteiger partial charge in [0.15, 0.2) is 0 Å². The molecule has 12 N–H and O–H groups in total. The van der Waals surface area contributed by atoms with Crippen molar-refractivity contribution in [3.63, 3.8) is 0 Å². The lowest BCUT2D eigenvalue weighted by molar-refractivity contribution is -0.142. The summed E-state index contributed by atoms with van der Waals surface area (Å²) in [4.78, 5) is 70.7. The number of amides is 5. The van der Waals surface area contributed by atoms with Crippen molar-refractivity contribution in [1.29, 1.82) is 0 Å². The van der Waals surface area contributed by atoms with Gasteiger partial charge in [-0.05, 0) is 32.2 Å². The number of aliphatic carboxylic acids is 1. The molecule has 0 aromatic heterocycles. The first-order valence-electron chi connectivity index (χ1n) is 10.2. The fourth-order valence-corrected chi connectivity index (χ4v) is 2.89. The van der Waals surface area contributed by atoms with Crippen LogP contribution in [0.5, 0.6) is 0 Å². The third-order valence-electron chi connectivity index (χ3n) is 4.45. The Kier molecular flexibility index (Phi) is 14.4. The van der Waals surface area contributed by atoms with E-state index in [9.17, 15) is 33.9 Å². The Morgan fingerprint density at radius 3 is 1.82 bits per heavy atom. The summed E-state index contributed by atoms with van der Waals surface area (Å²) >= 11 is 4.01. The Morgan fingerprint density at radius 1 is 0.788 bits per heavy atom. The molecule has 0 saturated carbocycles. The molecule has 0 radical (unpaired) electrons. The molecule has 0 aromatic carbocycles. The maximum Gasteiger partial charge on any atom is 0.326 e. The molecule has 0 saturated heterocycles. The lowest BCUT2D eigenvalue weighted by Gasteiger charge is -2.24. The monoisotopic (exact) mass is 491 g/mol. The number of rotatable bonds is 17. The molecule has 4 unspecified atom stereocenters. The Balaban J connectivity index is 5.30. The van der Waals surface area contributed by atoms with Gasteiger partial charge in [0.25, 0.3) is 0 Å². The maximum atomic E-state index is 12.7. The number of thiol groups is 1. The summed E-state index contributed by atoms with van der Waals surface area (Å²) in [6, 6.07) is -5.03. The maximum absolute atomic E-state index is 12.7. The fraction of sp³-hybridized carbons (Fsp3) is 0.667. The van der Waals surface area contributed by atoms with Crippen LogP contribution in [0.1, 0.15) is 38.5 Å². The predicted molar refractivity (Wildman–Crippen MR) is 120 cm³/mol. The fourth-order valence-electron chi connectivity index (χ4n) is 2.63. The van der Waals surface area contributed by atoms with Gasteiger partial charge in [0, 0.05) is 12.2 Å². The van der Waals surface area contributed by atoms with Crippen molar-refractivity contribution in [1.82, 2.24) is 16.0 Å². The molecule has 0 aromatic rings. The standard InChI is InChI=1S/C18H33N7O7S/c19-6-2-1-3-10(16(29)24-11(18(31)32)4-5-13(21)26)23-17(30)12(8-33)25-15(28)9(20)7-14(22)27/h9-12,33H,1-8,19-20H2,(H2,21,26)(H2,22,27)(H,23,30)(H,24,29)(H,25,28)(H,31,32). The Labute approximate surface area is 196 Å². The summed E-state index contributed by atoms with van der Waals surface area (Å²) in [6.07, 6.45) is 0.186. The van der Waals surface area contributed by atoms with E-state index in [1.165, 1.54) is 0 Å². The molecule has 0 aliphatic heterocycles. The molecular weight excluding hydrogens is 458 g/mol. The molecule has 0 spiro atoms. The molecule has 33 heavy (non-hydrogen) atoms. The quantitative estimate of drug-likeness (QED) is 0.0708. The third kappa shape index (κ3) is 12.6. The van der Waals surface area contributed by atoms with E-state index in [0.717, 1.165) is 0 Å². The van der Waals surface area contributed by atoms with Crippen molar-refractivity contribution < 1.29 is 33.9 Å². The normalized spacial score (nSPS) is 14.3. The van der Waals surface area contributed by atoms with E-state index >= 15 is 0 Å². The van der Waals surface area contributed by atoms with Crippen LogP contribution in [0, 0.1) is 0 Å². The highest BCUT2D eigenvalue weighted by molar-refractivity contribution is 7.80. The second-order valence-corrected chi connectivity index (χ2v) is 7.64. The van der Waals surface area contributed by atoms with Gasteiger partial charge in [-0.25, -0.2) is 4.79 Å². The number of hydrogen-bond acceptors (Lipinski definition) is 9. The molecule has 4 atom stereocenters.